The Labute approximate surface area is 177 Å². The first kappa shape index (κ1) is 21.3. The van der Waals surface area contributed by atoms with Gasteiger partial charge in [-0.3, -0.25) is 4.79 Å². The van der Waals surface area contributed by atoms with Gasteiger partial charge in [0, 0.05) is 12.3 Å². The van der Waals surface area contributed by atoms with Crippen molar-refractivity contribution < 1.29 is 23.8 Å². The van der Waals surface area contributed by atoms with Crippen molar-refractivity contribution in [2.45, 2.75) is 19.9 Å². The molecule has 0 saturated carbocycles. The number of carboxylic acid groups (broad SMARTS) is 1. The second-order valence-corrected chi connectivity index (χ2v) is 7.08. The summed E-state index contributed by atoms with van der Waals surface area (Å²) in [6.45, 7) is 3.38. The van der Waals surface area contributed by atoms with Gasteiger partial charge in [0.15, 0.2) is 0 Å². The molecule has 0 radical (unpaired) electrons. The van der Waals surface area contributed by atoms with Crippen molar-refractivity contribution in [3.63, 3.8) is 0 Å². The molecule has 0 saturated heterocycles. The Morgan fingerprint density at radius 2 is 1.87 bits per heavy atom. The monoisotopic (exact) mass is 428 g/mol. The molecule has 3 rings (SSSR count). The summed E-state index contributed by atoms with van der Waals surface area (Å²) in [7, 11) is 0. The summed E-state index contributed by atoms with van der Waals surface area (Å²) < 4.78 is 19.4. The largest absolute Gasteiger partial charge is 0.478 e. The number of hydrogen-bond donors (Lipinski definition) is 2. The minimum atomic E-state index is -1.03. The van der Waals surface area contributed by atoms with E-state index in [1.54, 1.807) is 38.1 Å². The van der Waals surface area contributed by atoms with E-state index in [1.165, 1.54) is 30.5 Å². The van der Waals surface area contributed by atoms with Gasteiger partial charge in [-0.05, 0) is 49.2 Å². The lowest BCUT2D eigenvalue weighted by molar-refractivity contribution is 0.0696. The maximum absolute atomic E-state index is 13.8. The zero-order chi connectivity index (χ0) is 21.8. The third-order valence-corrected chi connectivity index (χ3v) is 4.63. The topological polar surface area (TPSA) is 88.5 Å². The first-order valence-corrected chi connectivity index (χ1v) is 9.36. The number of pyridine rings is 1. The van der Waals surface area contributed by atoms with Crippen LogP contribution in [0.5, 0.6) is 11.6 Å². The van der Waals surface area contributed by atoms with Crippen molar-refractivity contribution in [3.05, 3.63) is 87.8 Å². The highest BCUT2D eigenvalue weighted by Gasteiger charge is 2.19. The number of amides is 1. The van der Waals surface area contributed by atoms with Crippen LogP contribution in [0, 0.1) is 12.7 Å². The smallest absolute Gasteiger partial charge is 0.335 e. The molecule has 0 aliphatic carbocycles. The molecule has 0 fully saturated rings. The number of aromatic nitrogens is 1. The molecule has 30 heavy (non-hydrogen) atoms. The molecule has 0 bridgehead atoms. The van der Waals surface area contributed by atoms with Crippen LogP contribution in [0.1, 0.15) is 44.8 Å². The molecule has 0 aliphatic heterocycles. The van der Waals surface area contributed by atoms with Gasteiger partial charge in [0.25, 0.3) is 5.91 Å². The van der Waals surface area contributed by atoms with Gasteiger partial charge in [-0.2, -0.15) is 0 Å². The van der Waals surface area contributed by atoms with Crippen LogP contribution < -0.4 is 10.1 Å². The normalized spacial score (nSPS) is 11.6. The van der Waals surface area contributed by atoms with Crippen LogP contribution in [-0.4, -0.2) is 22.0 Å². The van der Waals surface area contributed by atoms with E-state index in [0.717, 1.165) is 0 Å². The molecule has 0 aliphatic rings. The first-order chi connectivity index (χ1) is 14.2. The number of halogens is 2. The number of rotatable bonds is 6. The predicted octanol–water partition coefficient (Wildman–Crippen LogP) is 5.16. The molecular formula is C22H18ClFN2O4. The van der Waals surface area contributed by atoms with E-state index in [4.69, 9.17) is 21.4 Å². The van der Waals surface area contributed by atoms with E-state index in [9.17, 15) is 14.0 Å². The number of benzene rings is 2. The summed E-state index contributed by atoms with van der Waals surface area (Å²) in [5.74, 6) is -1.79. The fraction of sp³-hybridized carbons (Fsp3) is 0.136. The number of hydrogen-bond acceptors (Lipinski definition) is 4. The Hall–Kier alpha value is -3.45. The van der Waals surface area contributed by atoms with Crippen LogP contribution in [0.15, 0.2) is 54.7 Å². The molecule has 0 spiro atoms. The summed E-state index contributed by atoms with van der Waals surface area (Å²) in [5, 5.41) is 12.0. The lowest BCUT2D eigenvalue weighted by Gasteiger charge is -2.16. The van der Waals surface area contributed by atoms with Crippen molar-refractivity contribution in [2.75, 3.05) is 0 Å². The van der Waals surface area contributed by atoms with Gasteiger partial charge in [-0.1, -0.05) is 29.8 Å². The second-order valence-electron chi connectivity index (χ2n) is 6.64. The first-order valence-electron chi connectivity index (χ1n) is 8.98. The highest BCUT2D eigenvalue weighted by molar-refractivity contribution is 6.30. The van der Waals surface area contributed by atoms with E-state index < -0.39 is 23.7 Å². The van der Waals surface area contributed by atoms with E-state index in [1.807, 2.05) is 0 Å². The molecule has 1 heterocycles. The molecule has 154 valence electrons. The van der Waals surface area contributed by atoms with Gasteiger partial charge in [0.05, 0.1) is 16.6 Å². The van der Waals surface area contributed by atoms with Gasteiger partial charge in [0.2, 0.25) is 5.88 Å². The van der Waals surface area contributed by atoms with Crippen molar-refractivity contribution in [2.24, 2.45) is 0 Å². The van der Waals surface area contributed by atoms with Crippen LogP contribution in [0.4, 0.5) is 4.39 Å². The third kappa shape index (κ3) is 4.93. The molecule has 1 atom stereocenters. The number of carbonyl (C=O) groups is 2. The number of carbonyl (C=O) groups excluding carboxylic acids is 1. The van der Waals surface area contributed by atoms with Gasteiger partial charge in [-0.25, -0.2) is 14.2 Å². The minimum Gasteiger partial charge on any atom is -0.478 e. The van der Waals surface area contributed by atoms with Gasteiger partial charge < -0.3 is 15.2 Å². The molecule has 2 aromatic carbocycles. The maximum Gasteiger partial charge on any atom is 0.335 e. The third-order valence-electron chi connectivity index (χ3n) is 4.43. The second kappa shape index (κ2) is 8.92. The Morgan fingerprint density at radius 3 is 2.50 bits per heavy atom. The molecule has 2 N–H and O–H groups in total. The molecular weight excluding hydrogens is 411 g/mol. The number of ether oxygens (including phenoxy) is 1. The Bertz CT molecular complexity index is 1100. The molecule has 6 nitrogen and oxygen atoms in total. The van der Waals surface area contributed by atoms with E-state index in [2.05, 4.69) is 10.3 Å². The zero-order valence-corrected chi connectivity index (χ0v) is 16.9. The van der Waals surface area contributed by atoms with Crippen LogP contribution in [0.2, 0.25) is 5.02 Å². The van der Waals surface area contributed by atoms with Gasteiger partial charge in [-0.15, -0.1) is 0 Å². The summed E-state index contributed by atoms with van der Waals surface area (Å²) in [5.41, 5.74) is 1.41. The number of nitrogens with one attached hydrogen (secondary N) is 1. The lowest BCUT2D eigenvalue weighted by atomic mass is 10.1. The minimum absolute atomic E-state index is 0.0198. The molecule has 1 aromatic heterocycles. The summed E-state index contributed by atoms with van der Waals surface area (Å²) in [4.78, 5) is 27.9. The van der Waals surface area contributed by atoms with Crippen molar-refractivity contribution in [1.82, 2.24) is 10.3 Å². The van der Waals surface area contributed by atoms with Crippen LogP contribution in [0.3, 0.4) is 0 Å². The Balaban J connectivity index is 1.81. The van der Waals surface area contributed by atoms with E-state index in [-0.39, 0.29) is 27.8 Å². The van der Waals surface area contributed by atoms with Crippen molar-refractivity contribution in [3.8, 4) is 11.6 Å². The fourth-order valence-corrected chi connectivity index (χ4v) is 2.85. The van der Waals surface area contributed by atoms with Crippen molar-refractivity contribution >= 4 is 23.5 Å². The maximum atomic E-state index is 13.8. The molecule has 3 aromatic rings. The van der Waals surface area contributed by atoms with Gasteiger partial charge >= 0.3 is 5.97 Å². The highest BCUT2D eigenvalue weighted by atomic mass is 35.5. The molecule has 0 unspecified atom stereocenters. The Morgan fingerprint density at radius 1 is 1.17 bits per heavy atom. The van der Waals surface area contributed by atoms with E-state index in [0.29, 0.717) is 11.1 Å². The standard InChI is InChI=1S/C22H18ClFN2O4/c1-12-3-8-17(10-19(12)24)30-21-18(9-16(23)11-25-21)20(27)26-13(2)14-4-6-15(7-5-14)22(28)29/h3-11,13H,1-2H3,(H,26,27)(H,28,29)/t13-/m0/s1. The fourth-order valence-electron chi connectivity index (χ4n) is 2.69. The van der Waals surface area contributed by atoms with Crippen molar-refractivity contribution in [1.29, 1.82) is 0 Å². The number of aryl methyl sites for hydroxylation is 1. The number of carboxylic acids is 1. The lowest BCUT2D eigenvalue weighted by Crippen LogP contribution is -2.27. The molecule has 8 heteroatoms. The van der Waals surface area contributed by atoms with Crippen LogP contribution in [-0.2, 0) is 0 Å². The Kier molecular flexibility index (Phi) is 6.32. The average Bonchev–Trinajstić information content (AvgIpc) is 2.72. The summed E-state index contributed by atoms with van der Waals surface area (Å²) in [6.07, 6.45) is 1.33. The van der Waals surface area contributed by atoms with Crippen LogP contribution in [0.25, 0.3) is 0 Å². The highest BCUT2D eigenvalue weighted by Crippen LogP contribution is 2.27. The zero-order valence-electron chi connectivity index (χ0n) is 16.1. The quantitative estimate of drug-likeness (QED) is 0.565. The number of nitrogens with zero attached hydrogens (tertiary/aromatic N) is 1. The van der Waals surface area contributed by atoms with E-state index >= 15 is 0 Å². The van der Waals surface area contributed by atoms with Gasteiger partial charge in [0.1, 0.15) is 17.1 Å². The SMILES string of the molecule is Cc1ccc(Oc2ncc(Cl)cc2C(=O)N[C@@H](C)c2ccc(C(=O)O)cc2)cc1F. The molecule has 1 amide bonds. The predicted molar refractivity (Wildman–Crippen MR) is 110 cm³/mol. The van der Waals surface area contributed by atoms with Crippen LogP contribution >= 0.6 is 11.6 Å². The summed E-state index contributed by atoms with van der Waals surface area (Å²) in [6, 6.07) is 11.5. The summed E-state index contributed by atoms with van der Waals surface area (Å²) >= 11 is 6.00. The average molecular weight is 429 g/mol. The number of aromatic carboxylic acids is 1.